The number of hydrogen-bond acceptors (Lipinski definition) is 1. The van der Waals surface area contributed by atoms with Crippen LogP contribution in [-0.4, -0.2) is 9.13 Å². The van der Waals surface area contributed by atoms with Crippen LogP contribution < -0.4 is 4.90 Å². The lowest BCUT2D eigenvalue weighted by Crippen LogP contribution is -2.16. The third kappa shape index (κ3) is 7.34. The monoisotopic (exact) mass is 997 g/mol. The van der Waals surface area contributed by atoms with Gasteiger partial charge in [0.05, 0.1) is 27.8 Å². The van der Waals surface area contributed by atoms with E-state index in [4.69, 9.17) is 0 Å². The number of anilines is 3. The molecule has 2 aliphatic carbocycles. The van der Waals surface area contributed by atoms with Crippen molar-refractivity contribution in [2.75, 3.05) is 4.90 Å². The summed E-state index contributed by atoms with van der Waals surface area (Å²) in [5, 5.41) is 5.06. The summed E-state index contributed by atoms with van der Waals surface area (Å²) < 4.78 is 4.84. The molecule has 15 rings (SSSR count). The Kier molecular flexibility index (Phi) is 10.7. The topological polar surface area (TPSA) is 13.1 Å². The largest absolute Gasteiger partial charge is 0.310 e. The van der Waals surface area contributed by atoms with Crippen LogP contribution in [0.2, 0.25) is 0 Å². The maximum Gasteiger partial charge on any atom is 0.0547 e. The Hall–Kier alpha value is -9.70. The minimum Gasteiger partial charge on any atom is -0.310 e. The van der Waals surface area contributed by atoms with E-state index in [0.29, 0.717) is 5.92 Å². The molecule has 2 aliphatic rings. The van der Waals surface area contributed by atoms with Crippen molar-refractivity contribution in [3.63, 3.8) is 0 Å². The van der Waals surface area contributed by atoms with E-state index in [1.807, 2.05) is 0 Å². The molecule has 13 aromatic rings. The average molecular weight is 998 g/mol. The molecule has 370 valence electrons. The van der Waals surface area contributed by atoms with Crippen molar-refractivity contribution in [1.82, 2.24) is 9.13 Å². The summed E-state index contributed by atoms with van der Waals surface area (Å²) in [6.07, 6.45) is 9.97. The van der Waals surface area contributed by atoms with Crippen LogP contribution >= 0.6 is 0 Å². The molecule has 0 bridgehead atoms. The highest BCUT2D eigenvalue weighted by Gasteiger charge is 2.37. The Morgan fingerprint density at radius 1 is 0.397 bits per heavy atom. The second kappa shape index (κ2) is 18.3. The zero-order valence-electron chi connectivity index (χ0n) is 43.7. The summed E-state index contributed by atoms with van der Waals surface area (Å²) >= 11 is 0. The van der Waals surface area contributed by atoms with E-state index in [1.165, 1.54) is 110 Å². The number of allylic oxidation sites excluding steroid dienone is 4. The van der Waals surface area contributed by atoms with Crippen molar-refractivity contribution in [2.24, 2.45) is 0 Å². The van der Waals surface area contributed by atoms with E-state index in [2.05, 4.69) is 307 Å². The Bertz CT molecular complexity index is 4510. The first-order valence-electron chi connectivity index (χ1n) is 27.4. The fourth-order valence-corrected chi connectivity index (χ4v) is 13.0. The first kappa shape index (κ1) is 45.7. The van der Waals surface area contributed by atoms with Crippen molar-refractivity contribution in [3.05, 3.63) is 296 Å². The Morgan fingerprint density at radius 2 is 0.949 bits per heavy atom. The number of para-hydroxylation sites is 2. The first-order chi connectivity index (χ1) is 38.5. The van der Waals surface area contributed by atoms with Gasteiger partial charge in [-0.05, 0) is 153 Å². The molecular weight excluding hydrogens is 943 g/mol. The standard InChI is InChI=1S/C75H55N3/c1-75(2)66-27-14-12-24-62(66)74-67(75)28-17-31-72(74)76(59-44-36-54(37-45-59)61-26-16-30-71-73(61)63-25-13-15-29-68(63)78(71)57-22-10-5-11-23-57)58-40-32-52(33-41-58)53-34-42-60(43-35-53)77-69-46-38-55(50-18-6-3-7-19-50)48-64(69)65-49-56(39-47-70(65)77)51-20-8-4-9-21-51/h3-20,22-49,51H,21H2,1-2H3. The third-order valence-electron chi connectivity index (χ3n) is 16.9. The summed E-state index contributed by atoms with van der Waals surface area (Å²) in [5.41, 5.74) is 24.2. The molecule has 3 heteroatoms. The zero-order valence-corrected chi connectivity index (χ0v) is 43.7. The normalized spacial score (nSPS) is 14.4. The summed E-state index contributed by atoms with van der Waals surface area (Å²) in [6, 6.07) is 94.4. The highest BCUT2D eigenvalue weighted by atomic mass is 15.1. The van der Waals surface area contributed by atoms with E-state index in [-0.39, 0.29) is 5.41 Å². The molecule has 0 fully saturated rings. The van der Waals surface area contributed by atoms with Gasteiger partial charge in [-0.25, -0.2) is 0 Å². The Labute approximate surface area is 455 Å². The van der Waals surface area contributed by atoms with Gasteiger partial charge < -0.3 is 14.0 Å². The number of aromatic nitrogens is 2. The van der Waals surface area contributed by atoms with Crippen LogP contribution in [0, 0.1) is 0 Å². The van der Waals surface area contributed by atoms with Crippen molar-refractivity contribution >= 4 is 60.7 Å². The highest BCUT2D eigenvalue weighted by Crippen LogP contribution is 2.54. The third-order valence-corrected chi connectivity index (χ3v) is 16.9. The Balaban J connectivity index is 0.816. The van der Waals surface area contributed by atoms with Crippen LogP contribution in [-0.2, 0) is 5.41 Å². The Morgan fingerprint density at radius 3 is 1.71 bits per heavy atom. The number of rotatable bonds is 9. The fourth-order valence-electron chi connectivity index (χ4n) is 13.0. The molecular formula is C75H55N3. The van der Waals surface area contributed by atoms with Crippen LogP contribution in [0.5, 0.6) is 0 Å². The van der Waals surface area contributed by atoms with Crippen LogP contribution in [0.1, 0.15) is 42.9 Å². The number of fused-ring (bicyclic) bond motifs is 9. The highest BCUT2D eigenvalue weighted by molar-refractivity contribution is 6.16. The molecule has 0 saturated heterocycles. The lowest BCUT2D eigenvalue weighted by atomic mass is 9.82. The van der Waals surface area contributed by atoms with Gasteiger partial charge in [-0.3, -0.25) is 0 Å². The van der Waals surface area contributed by atoms with Gasteiger partial charge >= 0.3 is 0 Å². The van der Waals surface area contributed by atoms with Crippen molar-refractivity contribution in [3.8, 4) is 55.9 Å². The second-order valence-corrected chi connectivity index (χ2v) is 21.6. The predicted octanol–water partition coefficient (Wildman–Crippen LogP) is 20.3. The van der Waals surface area contributed by atoms with Crippen molar-refractivity contribution in [1.29, 1.82) is 0 Å². The lowest BCUT2D eigenvalue weighted by molar-refractivity contribution is 0.660. The van der Waals surface area contributed by atoms with Gasteiger partial charge in [0, 0.05) is 61.2 Å². The number of hydrogen-bond donors (Lipinski definition) is 0. The summed E-state index contributed by atoms with van der Waals surface area (Å²) in [5.74, 6) is 0.373. The van der Waals surface area contributed by atoms with Gasteiger partial charge in [0.1, 0.15) is 0 Å². The molecule has 0 spiro atoms. The van der Waals surface area contributed by atoms with E-state index in [1.54, 1.807) is 0 Å². The van der Waals surface area contributed by atoms with Crippen molar-refractivity contribution in [2.45, 2.75) is 31.6 Å². The molecule has 2 heterocycles. The first-order valence-corrected chi connectivity index (χ1v) is 27.4. The second-order valence-electron chi connectivity index (χ2n) is 21.6. The van der Waals surface area contributed by atoms with E-state index < -0.39 is 0 Å². The molecule has 0 aliphatic heterocycles. The predicted molar refractivity (Wildman–Crippen MR) is 329 cm³/mol. The van der Waals surface area contributed by atoms with Gasteiger partial charge in [-0.1, -0.05) is 202 Å². The smallest absolute Gasteiger partial charge is 0.0547 e. The van der Waals surface area contributed by atoms with Crippen LogP contribution in [0.3, 0.4) is 0 Å². The molecule has 11 aromatic carbocycles. The quantitative estimate of drug-likeness (QED) is 0.140. The molecule has 3 nitrogen and oxygen atoms in total. The number of nitrogens with zero attached hydrogens (tertiary/aromatic N) is 3. The summed E-state index contributed by atoms with van der Waals surface area (Å²) in [6.45, 7) is 4.73. The van der Waals surface area contributed by atoms with Gasteiger partial charge in [-0.2, -0.15) is 0 Å². The minimum absolute atomic E-state index is 0.136. The minimum atomic E-state index is -0.136. The molecule has 0 radical (unpaired) electrons. The van der Waals surface area contributed by atoms with E-state index >= 15 is 0 Å². The molecule has 0 amide bonds. The SMILES string of the molecule is CC1(C)c2ccccc2-c2c(N(c3ccc(-c4ccc(-n5c6ccc(-c7ccccc7)cc6c6cc(C7C=CC=CC7)ccc65)cc4)cc3)c3ccc(-c4cccc5c4c4ccccc4n5-c4ccccc4)cc3)cccc21. The summed E-state index contributed by atoms with van der Waals surface area (Å²) in [4.78, 5) is 2.47. The maximum absolute atomic E-state index is 2.47. The summed E-state index contributed by atoms with van der Waals surface area (Å²) in [7, 11) is 0. The molecule has 1 atom stereocenters. The lowest BCUT2D eigenvalue weighted by Gasteiger charge is -2.29. The maximum atomic E-state index is 2.47. The fraction of sp³-hybridized carbons (Fsp3) is 0.0667. The van der Waals surface area contributed by atoms with Gasteiger partial charge in [0.25, 0.3) is 0 Å². The molecule has 0 N–H and O–H groups in total. The van der Waals surface area contributed by atoms with Crippen molar-refractivity contribution < 1.29 is 0 Å². The molecule has 1 unspecified atom stereocenters. The van der Waals surface area contributed by atoms with Crippen LogP contribution in [0.25, 0.3) is 99.5 Å². The van der Waals surface area contributed by atoms with Gasteiger partial charge in [-0.15, -0.1) is 0 Å². The van der Waals surface area contributed by atoms with Gasteiger partial charge in [0.2, 0.25) is 0 Å². The average Bonchev–Trinajstić information content (AvgIpc) is 4.33. The number of benzene rings is 11. The molecule has 0 saturated carbocycles. The van der Waals surface area contributed by atoms with E-state index in [0.717, 1.165) is 29.2 Å². The van der Waals surface area contributed by atoms with Gasteiger partial charge in [0.15, 0.2) is 0 Å². The van der Waals surface area contributed by atoms with Crippen LogP contribution in [0.15, 0.2) is 279 Å². The molecule has 78 heavy (non-hydrogen) atoms. The van der Waals surface area contributed by atoms with E-state index in [9.17, 15) is 0 Å². The molecule has 2 aromatic heterocycles. The van der Waals surface area contributed by atoms with Crippen LogP contribution in [0.4, 0.5) is 17.1 Å². The zero-order chi connectivity index (χ0) is 51.9.